The van der Waals surface area contributed by atoms with Gasteiger partial charge in [-0.3, -0.25) is 0 Å². The van der Waals surface area contributed by atoms with Crippen LogP contribution in [-0.4, -0.2) is 10.5 Å². The van der Waals surface area contributed by atoms with Gasteiger partial charge in [-0.15, -0.1) is 11.3 Å². The molecule has 1 heterocycles. The molecule has 2 N–H and O–H groups in total. The molecular formula is C17H22N2S. The lowest BCUT2D eigenvalue weighted by Crippen LogP contribution is -2.43. The number of aromatic nitrogens is 1. The fraction of sp³-hybridized carbons (Fsp3) is 0.471. The topological polar surface area (TPSA) is 38.9 Å². The smallest absolute Gasteiger partial charge is 0.0947 e. The summed E-state index contributed by atoms with van der Waals surface area (Å²) in [7, 11) is 0. The van der Waals surface area contributed by atoms with E-state index in [4.69, 9.17) is 10.7 Å². The molecule has 1 aliphatic carbocycles. The summed E-state index contributed by atoms with van der Waals surface area (Å²) in [5.74, 6) is 0. The molecule has 3 heteroatoms. The molecule has 3 rings (SSSR count). The fourth-order valence-electron chi connectivity index (χ4n) is 2.89. The van der Waals surface area contributed by atoms with E-state index in [2.05, 4.69) is 50.4 Å². The van der Waals surface area contributed by atoms with Gasteiger partial charge >= 0.3 is 0 Å². The molecule has 0 aliphatic heterocycles. The predicted molar refractivity (Wildman–Crippen MR) is 85.3 cm³/mol. The van der Waals surface area contributed by atoms with Crippen molar-refractivity contribution in [1.82, 2.24) is 4.98 Å². The molecule has 1 aromatic heterocycles. The van der Waals surface area contributed by atoms with Gasteiger partial charge in [-0.1, -0.05) is 45.0 Å². The van der Waals surface area contributed by atoms with Crippen LogP contribution < -0.4 is 5.73 Å². The maximum atomic E-state index is 6.63. The number of fused-ring (bicyclic) bond motifs is 1. The first-order valence-corrected chi connectivity index (χ1v) is 8.04. The zero-order valence-electron chi connectivity index (χ0n) is 12.4. The molecular weight excluding hydrogens is 264 g/mol. The van der Waals surface area contributed by atoms with Crippen molar-refractivity contribution in [3.05, 3.63) is 51.5 Å². The van der Waals surface area contributed by atoms with Crippen LogP contribution in [0.3, 0.4) is 0 Å². The molecule has 1 aliphatic rings. The highest BCUT2D eigenvalue weighted by Crippen LogP contribution is 2.32. The lowest BCUT2D eigenvalue weighted by atomic mass is 9.92. The summed E-state index contributed by atoms with van der Waals surface area (Å²) >= 11 is 1.75. The highest BCUT2D eigenvalue weighted by atomic mass is 32.1. The Morgan fingerprint density at radius 3 is 2.30 bits per heavy atom. The van der Waals surface area contributed by atoms with Gasteiger partial charge in [0.05, 0.1) is 10.7 Å². The van der Waals surface area contributed by atoms with E-state index in [1.54, 1.807) is 11.3 Å². The molecule has 20 heavy (non-hydrogen) atoms. The monoisotopic (exact) mass is 286 g/mol. The summed E-state index contributed by atoms with van der Waals surface area (Å²) < 4.78 is 0. The molecule has 106 valence electrons. The van der Waals surface area contributed by atoms with Crippen LogP contribution in [0.15, 0.2) is 29.6 Å². The molecule has 1 aromatic carbocycles. The van der Waals surface area contributed by atoms with Crippen molar-refractivity contribution in [2.75, 3.05) is 0 Å². The first-order valence-electron chi connectivity index (χ1n) is 7.16. The maximum Gasteiger partial charge on any atom is 0.0947 e. The van der Waals surface area contributed by atoms with Crippen molar-refractivity contribution in [3.63, 3.8) is 0 Å². The molecule has 0 unspecified atom stereocenters. The van der Waals surface area contributed by atoms with Crippen LogP contribution >= 0.6 is 11.3 Å². The van der Waals surface area contributed by atoms with E-state index in [0.29, 0.717) is 0 Å². The Balaban J connectivity index is 1.78. The molecule has 0 saturated carbocycles. The van der Waals surface area contributed by atoms with Gasteiger partial charge in [0.2, 0.25) is 0 Å². The quantitative estimate of drug-likeness (QED) is 0.918. The Morgan fingerprint density at radius 1 is 1.20 bits per heavy atom. The third kappa shape index (κ3) is 2.65. The average Bonchev–Trinajstić information content (AvgIpc) is 2.91. The summed E-state index contributed by atoms with van der Waals surface area (Å²) in [5, 5.41) is 3.35. The van der Waals surface area contributed by atoms with Crippen molar-refractivity contribution < 1.29 is 0 Å². The Labute approximate surface area is 125 Å². The van der Waals surface area contributed by atoms with Gasteiger partial charge in [0.15, 0.2) is 0 Å². The summed E-state index contributed by atoms with van der Waals surface area (Å²) in [5.41, 5.74) is 10.6. The lowest BCUT2D eigenvalue weighted by molar-refractivity contribution is 0.443. The molecule has 0 atom stereocenters. The van der Waals surface area contributed by atoms with Gasteiger partial charge in [-0.05, 0) is 24.0 Å². The number of hydrogen-bond acceptors (Lipinski definition) is 3. The van der Waals surface area contributed by atoms with Crippen molar-refractivity contribution in [3.8, 4) is 0 Å². The van der Waals surface area contributed by atoms with Gasteiger partial charge in [0.1, 0.15) is 0 Å². The molecule has 2 aromatic rings. The van der Waals surface area contributed by atoms with E-state index >= 15 is 0 Å². The first-order chi connectivity index (χ1) is 9.36. The molecule has 0 bridgehead atoms. The van der Waals surface area contributed by atoms with Crippen LogP contribution in [0.4, 0.5) is 0 Å². The van der Waals surface area contributed by atoms with Crippen LogP contribution in [0.5, 0.6) is 0 Å². The van der Waals surface area contributed by atoms with Gasteiger partial charge in [-0.2, -0.15) is 0 Å². The predicted octanol–water partition coefficient (Wildman–Crippen LogP) is 3.48. The van der Waals surface area contributed by atoms with Gasteiger partial charge in [0.25, 0.3) is 0 Å². The number of benzene rings is 1. The van der Waals surface area contributed by atoms with E-state index in [-0.39, 0.29) is 11.0 Å². The third-order valence-electron chi connectivity index (χ3n) is 4.03. The highest BCUT2D eigenvalue weighted by Gasteiger charge is 2.34. The van der Waals surface area contributed by atoms with Crippen molar-refractivity contribution in [2.24, 2.45) is 5.73 Å². The van der Waals surface area contributed by atoms with E-state index in [1.807, 2.05) is 0 Å². The fourth-order valence-corrected chi connectivity index (χ4v) is 4.06. The normalized spacial score (nSPS) is 17.2. The van der Waals surface area contributed by atoms with E-state index in [0.717, 1.165) is 19.3 Å². The number of rotatable bonds is 2. The van der Waals surface area contributed by atoms with Gasteiger partial charge in [-0.25, -0.2) is 4.98 Å². The second-order valence-corrected chi connectivity index (χ2v) is 7.98. The summed E-state index contributed by atoms with van der Waals surface area (Å²) in [6.07, 6.45) is 2.81. The summed E-state index contributed by atoms with van der Waals surface area (Å²) in [6.45, 7) is 6.61. The number of hydrogen-bond donors (Lipinski definition) is 1. The van der Waals surface area contributed by atoms with Crippen molar-refractivity contribution in [2.45, 2.75) is 51.0 Å². The number of thiazole rings is 1. The molecule has 0 amide bonds. The Kier molecular flexibility index (Phi) is 3.22. The molecule has 0 radical (unpaired) electrons. The van der Waals surface area contributed by atoms with Gasteiger partial charge in [0, 0.05) is 22.8 Å². The Bertz CT molecular complexity index is 597. The third-order valence-corrected chi connectivity index (χ3v) is 4.88. The average molecular weight is 286 g/mol. The second kappa shape index (κ2) is 4.68. The highest BCUT2D eigenvalue weighted by molar-refractivity contribution is 7.09. The van der Waals surface area contributed by atoms with Crippen LogP contribution in [0.2, 0.25) is 0 Å². The molecule has 0 saturated heterocycles. The second-order valence-electron chi connectivity index (χ2n) is 7.04. The minimum Gasteiger partial charge on any atom is -0.324 e. The lowest BCUT2D eigenvalue weighted by Gasteiger charge is -2.22. The van der Waals surface area contributed by atoms with E-state index < -0.39 is 0 Å². The maximum absolute atomic E-state index is 6.63. The van der Waals surface area contributed by atoms with E-state index in [1.165, 1.54) is 21.8 Å². The SMILES string of the molecule is CC(C)(C)c1csc(CC2(N)Cc3ccccc3C2)n1. The van der Waals surface area contributed by atoms with Crippen LogP contribution in [-0.2, 0) is 24.7 Å². The minimum atomic E-state index is -0.156. The van der Waals surface area contributed by atoms with Gasteiger partial charge < -0.3 is 5.73 Å². The Morgan fingerprint density at radius 2 is 1.80 bits per heavy atom. The molecule has 2 nitrogen and oxygen atoms in total. The van der Waals surface area contributed by atoms with Crippen molar-refractivity contribution >= 4 is 11.3 Å². The summed E-state index contributed by atoms with van der Waals surface area (Å²) in [4.78, 5) is 4.79. The number of nitrogens with two attached hydrogens (primary N) is 1. The van der Waals surface area contributed by atoms with E-state index in [9.17, 15) is 0 Å². The van der Waals surface area contributed by atoms with Crippen LogP contribution in [0, 0.1) is 0 Å². The molecule has 0 spiro atoms. The van der Waals surface area contributed by atoms with Crippen LogP contribution in [0.1, 0.15) is 42.6 Å². The molecule has 0 fully saturated rings. The van der Waals surface area contributed by atoms with Crippen LogP contribution in [0.25, 0.3) is 0 Å². The minimum absolute atomic E-state index is 0.120. The van der Waals surface area contributed by atoms with Crippen molar-refractivity contribution in [1.29, 1.82) is 0 Å². The number of nitrogens with zero attached hydrogens (tertiary/aromatic N) is 1. The largest absolute Gasteiger partial charge is 0.324 e. The zero-order valence-corrected chi connectivity index (χ0v) is 13.3. The first kappa shape index (κ1) is 13.8. The Hall–Kier alpha value is -1.19. The standard InChI is InChI=1S/C17H22N2S/c1-16(2,3)14-11-20-15(19-14)10-17(18)8-12-6-4-5-7-13(12)9-17/h4-7,11H,8-10,18H2,1-3H3. The zero-order chi connectivity index (χ0) is 14.4. The summed E-state index contributed by atoms with van der Waals surface area (Å²) in [6, 6.07) is 8.61.